The molecule has 2 N–H and O–H groups in total. The highest BCUT2D eigenvalue weighted by atomic mass is 16.5. The third kappa shape index (κ3) is 4.66. The van der Waals surface area contributed by atoms with Crippen LogP contribution in [0.25, 0.3) is 0 Å². The van der Waals surface area contributed by atoms with Crippen LogP contribution in [0.1, 0.15) is 58.2 Å². The summed E-state index contributed by atoms with van der Waals surface area (Å²) < 4.78 is 0. The molecule has 0 aromatic heterocycles. The minimum absolute atomic E-state index is 0.276. The summed E-state index contributed by atoms with van der Waals surface area (Å²) in [5.41, 5.74) is 6.43. The van der Waals surface area contributed by atoms with Crippen LogP contribution in [-0.4, -0.2) is 46.3 Å². The molecule has 0 saturated carbocycles. The standard InChI is InChI=1S/C21H24BN4O3/c1-13-8-14(2)10-16(9-13)20(28)25(21(3,4)5)24-19(27)15-6-7-18-17(11-15)12-23-26(29)22-18/h6-12,29H,1-5H3,(H,24,27). The van der Waals surface area contributed by atoms with Gasteiger partial charge in [0.2, 0.25) is 0 Å². The van der Waals surface area contributed by atoms with Crippen LogP contribution in [0.5, 0.6) is 0 Å². The van der Waals surface area contributed by atoms with Crippen LogP contribution >= 0.6 is 0 Å². The van der Waals surface area contributed by atoms with Crippen LogP contribution in [0.2, 0.25) is 0 Å². The number of nitrogens with zero attached hydrogens (tertiary/aromatic N) is 3. The van der Waals surface area contributed by atoms with E-state index in [9.17, 15) is 14.8 Å². The van der Waals surface area contributed by atoms with Crippen LogP contribution in [0.4, 0.5) is 0 Å². The average Bonchev–Trinajstić information content (AvgIpc) is 2.63. The van der Waals surface area contributed by atoms with Gasteiger partial charge >= 0.3 is 7.41 Å². The van der Waals surface area contributed by atoms with Crippen molar-refractivity contribution in [1.29, 1.82) is 0 Å². The lowest BCUT2D eigenvalue weighted by Crippen LogP contribution is -2.56. The van der Waals surface area contributed by atoms with E-state index in [0.29, 0.717) is 21.8 Å². The third-order valence-electron chi connectivity index (χ3n) is 4.47. The van der Waals surface area contributed by atoms with Gasteiger partial charge < -0.3 is 0 Å². The second kappa shape index (κ2) is 7.71. The van der Waals surface area contributed by atoms with Crippen molar-refractivity contribution < 1.29 is 14.8 Å². The highest BCUT2D eigenvalue weighted by Crippen LogP contribution is 2.18. The number of rotatable bonds is 2. The number of carbonyl (C=O) groups excluding carboxylic acids is 2. The first-order chi connectivity index (χ1) is 13.5. The minimum Gasteiger partial charge on any atom is -0.285 e. The number of amides is 2. The highest BCUT2D eigenvalue weighted by molar-refractivity contribution is 6.52. The minimum atomic E-state index is -0.634. The van der Waals surface area contributed by atoms with E-state index in [1.807, 2.05) is 52.8 Å². The first kappa shape index (κ1) is 20.6. The molecule has 1 aliphatic rings. The third-order valence-corrected chi connectivity index (χ3v) is 4.47. The molecule has 1 aliphatic heterocycles. The molecule has 1 radical (unpaired) electrons. The molecule has 0 bridgehead atoms. The molecule has 2 aromatic rings. The van der Waals surface area contributed by atoms with Crippen LogP contribution < -0.4 is 10.9 Å². The molecule has 0 unspecified atom stereocenters. The van der Waals surface area contributed by atoms with E-state index in [0.717, 1.165) is 16.6 Å². The molecule has 0 saturated heterocycles. The van der Waals surface area contributed by atoms with Crippen LogP contribution in [-0.2, 0) is 0 Å². The fraction of sp³-hybridized carbons (Fsp3) is 0.286. The number of nitrogens with one attached hydrogen (secondary N) is 1. The summed E-state index contributed by atoms with van der Waals surface area (Å²) in [7, 11) is 1.45. The Kier molecular flexibility index (Phi) is 5.48. The van der Waals surface area contributed by atoms with Crippen LogP contribution in [0.15, 0.2) is 41.5 Å². The van der Waals surface area contributed by atoms with Gasteiger partial charge in [-0.1, -0.05) is 23.3 Å². The molecule has 3 rings (SSSR count). The summed E-state index contributed by atoms with van der Waals surface area (Å²) in [6.07, 6.45) is 1.47. The summed E-state index contributed by atoms with van der Waals surface area (Å²) in [6, 6.07) is 10.6. The molecule has 1 heterocycles. The molecule has 29 heavy (non-hydrogen) atoms. The molecule has 2 amide bonds. The summed E-state index contributed by atoms with van der Waals surface area (Å²) in [5, 5.41) is 15.2. The van der Waals surface area contributed by atoms with E-state index in [-0.39, 0.29) is 5.91 Å². The van der Waals surface area contributed by atoms with Gasteiger partial charge in [0.25, 0.3) is 11.8 Å². The summed E-state index contributed by atoms with van der Waals surface area (Å²) in [5.74, 6) is -0.679. The topological polar surface area (TPSA) is 85.2 Å². The number of carbonyl (C=O) groups is 2. The first-order valence-corrected chi connectivity index (χ1v) is 9.29. The predicted octanol–water partition coefficient (Wildman–Crippen LogP) is 2.17. The van der Waals surface area contributed by atoms with Crippen LogP contribution in [0, 0.1) is 13.8 Å². The maximum atomic E-state index is 13.2. The van der Waals surface area contributed by atoms with Gasteiger partial charge in [0.05, 0.1) is 11.8 Å². The SMILES string of the molecule is Cc1cc(C)cc(C(=O)N(NC(=O)c2ccc3c(c2)C=NN(O)[B]3)C(C)(C)C)c1. The van der Waals surface area contributed by atoms with E-state index in [1.54, 1.807) is 18.2 Å². The van der Waals surface area contributed by atoms with Gasteiger partial charge in [-0.15, -0.1) is 0 Å². The Morgan fingerprint density at radius 2 is 1.72 bits per heavy atom. The Morgan fingerprint density at radius 1 is 1.07 bits per heavy atom. The van der Waals surface area contributed by atoms with E-state index < -0.39 is 11.4 Å². The molecule has 0 aliphatic carbocycles. The van der Waals surface area contributed by atoms with Crippen molar-refractivity contribution in [2.24, 2.45) is 5.10 Å². The smallest absolute Gasteiger partial charge is 0.285 e. The van der Waals surface area contributed by atoms with Crippen molar-refractivity contribution >= 4 is 30.9 Å². The Balaban J connectivity index is 1.87. The summed E-state index contributed by atoms with van der Waals surface area (Å²) >= 11 is 0. The van der Waals surface area contributed by atoms with Crippen molar-refractivity contribution in [2.75, 3.05) is 0 Å². The van der Waals surface area contributed by atoms with E-state index in [1.165, 1.54) is 18.6 Å². The number of hydrogen-bond donors (Lipinski definition) is 2. The Hall–Kier alpha value is -3.13. The highest BCUT2D eigenvalue weighted by Gasteiger charge is 2.30. The lowest BCUT2D eigenvalue weighted by molar-refractivity contribution is 0.00432. The van der Waals surface area contributed by atoms with Crippen molar-refractivity contribution in [3.8, 4) is 0 Å². The summed E-state index contributed by atoms with van der Waals surface area (Å²) in [6.45, 7) is 9.44. The molecule has 0 spiro atoms. The van der Waals surface area contributed by atoms with Gasteiger partial charge in [0, 0.05) is 11.1 Å². The Labute approximate surface area is 171 Å². The summed E-state index contributed by atoms with van der Waals surface area (Å²) in [4.78, 5) is 26.1. The van der Waals surface area contributed by atoms with Gasteiger partial charge in [-0.05, 0) is 69.9 Å². The lowest BCUT2D eigenvalue weighted by Gasteiger charge is -2.35. The zero-order valence-corrected chi connectivity index (χ0v) is 17.2. The van der Waals surface area contributed by atoms with E-state index >= 15 is 0 Å². The molecule has 7 nitrogen and oxygen atoms in total. The number of hydrazone groups is 1. The Bertz CT molecular complexity index is 978. The zero-order valence-electron chi connectivity index (χ0n) is 17.2. The second-order valence-corrected chi connectivity index (χ2v) is 8.17. The number of hydrazine groups is 1. The number of aryl methyl sites for hydroxylation is 2. The van der Waals surface area contributed by atoms with Crippen LogP contribution in [0.3, 0.4) is 0 Å². The van der Waals surface area contributed by atoms with Crippen molar-refractivity contribution in [3.05, 3.63) is 64.2 Å². The van der Waals surface area contributed by atoms with Crippen molar-refractivity contribution in [2.45, 2.75) is 40.2 Å². The maximum absolute atomic E-state index is 13.2. The van der Waals surface area contributed by atoms with Gasteiger partial charge in [0.1, 0.15) is 0 Å². The number of hydrogen-bond acceptors (Lipinski definition) is 5. The number of fused-ring (bicyclic) bond motifs is 1. The predicted molar refractivity (Wildman–Crippen MR) is 112 cm³/mol. The van der Waals surface area contributed by atoms with E-state index in [2.05, 4.69) is 10.5 Å². The molecule has 2 aromatic carbocycles. The number of benzene rings is 2. The lowest BCUT2D eigenvalue weighted by atomic mass is 9.78. The Morgan fingerprint density at radius 3 is 2.34 bits per heavy atom. The second-order valence-electron chi connectivity index (χ2n) is 8.17. The fourth-order valence-corrected chi connectivity index (χ4v) is 3.14. The maximum Gasteiger partial charge on any atom is 0.352 e. The van der Waals surface area contributed by atoms with E-state index in [4.69, 9.17) is 0 Å². The van der Waals surface area contributed by atoms with Gasteiger partial charge in [-0.3, -0.25) is 20.2 Å². The monoisotopic (exact) mass is 391 g/mol. The quantitative estimate of drug-likeness (QED) is 0.607. The average molecular weight is 391 g/mol. The molecular weight excluding hydrogens is 367 g/mol. The van der Waals surface area contributed by atoms with Gasteiger partial charge in [0.15, 0.2) is 0 Å². The molecule has 8 heteroatoms. The van der Waals surface area contributed by atoms with Gasteiger partial charge in [-0.2, -0.15) is 5.10 Å². The van der Waals surface area contributed by atoms with Gasteiger partial charge in [-0.25, -0.2) is 10.1 Å². The largest absolute Gasteiger partial charge is 0.352 e. The molecule has 149 valence electrons. The van der Waals surface area contributed by atoms with Crippen molar-refractivity contribution in [3.63, 3.8) is 0 Å². The molecular formula is C21H24BN4O3. The molecule has 0 fully saturated rings. The first-order valence-electron chi connectivity index (χ1n) is 9.29. The normalized spacial score (nSPS) is 12.8. The zero-order chi connectivity index (χ0) is 21.3. The molecule has 0 atom stereocenters. The van der Waals surface area contributed by atoms with Crippen molar-refractivity contribution in [1.82, 2.24) is 15.5 Å². The fourth-order valence-electron chi connectivity index (χ4n) is 3.14.